The summed E-state index contributed by atoms with van der Waals surface area (Å²) in [5, 5.41) is 13.4. The number of rotatable bonds is 9. The highest BCUT2D eigenvalue weighted by Crippen LogP contribution is 2.22. The molecule has 0 unspecified atom stereocenters. The maximum atomic E-state index is 12.5. The third-order valence-electron chi connectivity index (χ3n) is 3.06. The molecule has 22 heavy (non-hydrogen) atoms. The number of carboxylic acid groups (broad SMARTS) is 1. The van der Waals surface area contributed by atoms with E-state index in [9.17, 15) is 14.4 Å². The number of carbonyl (C=O) groups excluding carboxylic acids is 2. The summed E-state index contributed by atoms with van der Waals surface area (Å²) in [4.78, 5) is 35.5. The molecule has 0 radical (unpaired) electrons. The lowest BCUT2D eigenvalue weighted by Crippen LogP contribution is -2.49. The van der Waals surface area contributed by atoms with Gasteiger partial charge in [-0.25, -0.2) is 4.79 Å². The molecule has 3 atom stereocenters. The summed E-state index contributed by atoms with van der Waals surface area (Å²) in [7, 11) is 0. The van der Waals surface area contributed by atoms with Gasteiger partial charge in [0.2, 0.25) is 5.91 Å². The minimum atomic E-state index is -3.28. The zero-order chi connectivity index (χ0) is 22.8. The number of aliphatic carboxylic acids is 1. The van der Waals surface area contributed by atoms with Crippen LogP contribution in [-0.2, 0) is 19.1 Å². The predicted molar refractivity (Wildman–Crippen MR) is 80.1 cm³/mol. The van der Waals surface area contributed by atoms with E-state index < -0.39 is 62.1 Å². The van der Waals surface area contributed by atoms with Gasteiger partial charge in [-0.15, -0.1) is 0 Å². The smallest absolute Gasteiger partial charge is 0.336 e. The second-order valence-corrected chi connectivity index (χ2v) is 5.53. The highest BCUT2D eigenvalue weighted by Gasteiger charge is 2.51. The normalized spacial score (nSPS) is 27.9. The molecule has 7 nitrogen and oxygen atoms in total. The Bertz CT molecular complexity index is 622. The zero-order valence-electron chi connectivity index (χ0n) is 19.5. The molecule has 2 amide bonds. The number of hydrogen-bond donors (Lipinski definition) is 3. The Labute approximate surface area is 140 Å². The lowest BCUT2D eigenvalue weighted by molar-refractivity contribution is -0.138. The van der Waals surface area contributed by atoms with E-state index in [-0.39, 0.29) is 12.5 Å². The molecule has 1 rings (SSSR count). The van der Waals surface area contributed by atoms with E-state index in [2.05, 4.69) is 15.4 Å². The van der Waals surface area contributed by atoms with Crippen LogP contribution in [0.5, 0.6) is 0 Å². The van der Waals surface area contributed by atoms with Crippen molar-refractivity contribution < 1.29 is 33.8 Å². The number of hydrogen-bond acceptors (Lipinski definition) is 4. The molecule has 7 heteroatoms. The summed E-state index contributed by atoms with van der Waals surface area (Å²) in [6.45, 7) is -2.56. The molecule has 1 heterocycles. The molecule has 1 saturated heterocycles. The first-order chi connectivity index (χ1) is 13.0. The van der Waals surface area contributed by atoms with Gasteiger partial charge < -0.3 is 20.5 Å². The van der Waals surface area contributed by atoms with Crippen molar-refractivity contribution in [2.24, 2.45) is 11.8 Å². The van der Waals surface area contributed by atoms with Crippen LogP contribution in [0.2, 0.25) is 0 Å². The topological polar surface area (TPSA) is 108 Å². The molecule has 3 N–H and O–H groups in total. The number of ether oxygens (including phenoxy) is 1. The van der Waals surface area contributed by atoms with Crippen molar-refractivity contribution in [2.45, 2.75) is 58.6 Å². The van der Waals surface area contributed by atoms with E-state index in [0.717, 1.165) is 0 Å². The van der Waals surface area contributed by atoms with E-state index in [1.54, 1.807) is 0 Å². The summed E-state index contributed by atoms with van der Waals surface area (Å²) in [6, 6.07) is -1.67. The Balaban J connectivity index is 3.04. The summed E-state index contributed by atoms with van der Waals surface area (Å²) in [5.74, 6) is -6.05. The molecule has 1 fully saturated rings. The maximum Gasteiger partial charge on any atom is 0.336 e. The standard InChI is InChI=1S/C15H26N2O5/c1-8(2)5-6-16-13(18)10(7-9(3)4)17-14(19)11-12(22-11)15(20)21/h8-12H,5-7H2,1-4H3,(H,16,18)(H,17,19)(H,20,21)/t10-,11-,12-/m0/s1/i3D3,4D3,9D. The fraction of sp³-hybridized carbons (Fsp3) is 0.800. The van der Waals surface area contributed by atoms with E-state index in [1.807, 2.05) is 13.8 Å². The van der Waals surface area contributed by atoms with Crippen molar-refractivity contribution in [3.05, 3.63) is 0 Å². The first-order valence-corrected chi connectivity index (χ1v) is 6.97. The van der Waals surface area contributed by atoms with Crippen LogP contribution in [0.1, 0.15) is 50.0 Å². The van der Waals surface area contributed by atoms with Gasteiger partial charge in [0.15, 0.2) is 12.2 Å². The van der Waals surface area contributed by atoms with Crippen molar-refractivity contribution in [1.29, 1.82) is 0 Å². The van der Waals surface area contributed by atoms with Crippen molar-refractivity contribution >= 4 is 17.8 Å². The van der Waals surface area contributed by atoms with Crippen LogP contribution in [0, 0.1) is 11.8 Å². The molecule has 126 valence electrons. The van der Waals surface area contributed by atoms with Gasteiger partial charge >= 0.3 is 5.97 Å². The molecule has 1 aliphatic rings. The van der Waals surface area contributed by atoms with Gasteiger partial charge in [0, 0.05) is 16.1 Å². The molecular weight excluding hydrogens is 288 g/mol. The molecule has 0 aliphatic carbocycles. The Kier molecular flexibility index (Phi) is 3.77. The Morgan fingerprint density at radius 2 is 2.00 bits per heavy atom. The number of nitrogens with one attached hydrogen (secondary N) is 2. The van der Waals surface area contributed by atoms with Crippen molar-refractivity contribution in [3.8, 4) is 0 Å². The highest BCUT2D eigenvalue weighted by atomic mass is 16.6. The van der Waals surface area contributed by atoms with Crippen LogP contribution < -0.4 is 10.6 Å². The van der Waals surface area contributed by atoms with Crippen molar-refractivity contribution in [1.82, 2.24) is 10.6 Å². The fourth-order valence-corrected chi connectivity index (χ4v) is 1.77. The van der Waals surface area contributed by atoms with Gasteiger partial charge in [0.25, 0.3) is 5.91 Å². The fourth-order valence-electron chi connectivity index (χ4n) is 1.77. The molecule has 0 aromatic rings. The van der Waals surface area contributed by atoms with E-state index >= 15 is 0 Å². The molecule has 1 aliphatic heterocycles. The predicted octanol–water partition coefficient (Wildman–Crippen LogP) is 0.532. The molecule has 0 aromatic carbocycles. The van der Waals surface area contributed by atoms with Gasteiger partial charge in [-0.3, -0.25) is 9.59 Å². The molecule has 0 aromatic heterocycles. The minimum Gasteiger partial charge on any atom is -0.479 e. The molecule has 0 saturated carbocycles. The van der Waals surface area contributed by atoms with Crippen LogP contribution in [0.3, 0.4) is 0 Å². The first kappa shape index (κ1) is 10.2. The Morgan fingerprint density at radius 3 is 2.50 bits per heavy atom. The second kappa shape index (κ2) is 8.12. The quantitative estimate of drug-likeness (QED) is 0.537. The monoisotopic (exact) mass is 321 g/mol. The number of carbonyl (C=O) groups is 3. The molecular formula is C15H26N2O5. The SMILES string of the molecule is [2H]C([2H])([2H])C([2H])(C[C@H](NC(=O)[C@H]1O[C@@H]1C(=O)O)C(=O)NCCC(C)C)C([2H])([2H])[2H]. The van der Waals surface area contributed by atoms with E-state index in [0.29, 0.717) is 6.42 Å². The van der Waals surface area contributed by atoms with E-state index in [4.69, 9.17) is 14.7 Å². The van der Waals surface area contributed by atoms with Crippen molar-refractivity contribution in [2.75, 3.05) is 6.54 Å². The molecule has 0 bridgehead atoms. The second-order valence-electron chi connectivity index (χ2n) is 5.53. The molecule has 0 spiro atoms. The Hall–Kier alpha value is -1.63. The maximum absolute atomic E-state index is 12.5. The minimum absolute atomic E-state index is 0.188. The average Bonchev–Trinajstić information content (AvgIpc) is 3.32. The lowest BCUT2D eigenvalue weighted by Gasteiger charge is -2.20. The summed E-state index contributed by atoms with van der Waals surface area (Å²) in [5.41, 5.74) is 0. The van der Waals surface area contributed by atoms with Crippen LogP contribution in [-0.4, -0.2) is 47.7 Å². The third kappa shape index (κ3) is 6.01. The van der Waals surface area contributed by atoms with Crippen molar-refractivity contribution in [3.63, 3.8) is 0 Å². The van der Waals surface area contributed by atoms with Crippen LogP contribution in [0.4, 0.5) is 0 Å². The van der Waals surface area contributed by atoms with Crippen LogP contribution in [0.25, 0.3) is 0 Å². The van der Waals surface area contributed by atoms with Gasteiger partial charge in [-0.05, 0) is 24.7 Å². The lowest BCUT2D eigenvalue weighted by atomic mass is 10.0. The summed E-state index contributed by atoms with van der Waals surface area (Å²) >= 11 is 0. The Morgan fingerprint density at radius 1 is 1.32 bits per heavy atom. The number of epoxide rings is 1. The largest absolute Gasteiger partial charge is 0.479 e. The number of amides is 2. The van der Waals surface area contributed by atoms with Crippen LogP contribution in [0.15, 0.2) is 0 Å². The van der Waals surface area contributed by atoms with Gasteiger partial charge in [-0.2, -0.15) is 0 Å². The number of carboxylic acids is 1. The average molecular weight is 321 g/mol. The highest BCUT2D eigenvalue weighted by molar-refractivity contribution is 5.95. The van der Waals surface area contributed by atoms with Gasteiger partial charge in [-0.1, -0.05) is 27.6 Å². The summed E-state index contributed by atoms with van der Waals surface area (Å²) < 4.78 is 57.6. The van der Waals surface area contributed by atoms with Gasteiger partial charge in [0.05, 0.1) is 0 Å². The summed E-state index contributed by atoms with van der Waals surface area (Å²) in [6.07, 6.45) is -3.22. The zero-order valence-corrected chi connectivity index (χ0v) is 12.5. The third-order valence-corrected chi connectivity index (χ3v) is 3.06. The van der Waals surface area contributed by atoms with Gasteiger partial charge in [0.1, 0.15) is 6.04 Å². The first-order valence-electron chi connectivity index (χ1n) is 10.5. The van der Waals surface area contributed by atoms with Crippen LogP contribution >= 0.6 is 0 Å². The van der Waals surface area contributed by atoms with E-state index in [1.165, 1.54) is 0 Å².